The summed E-state index contributed by atoms with van der Waals surface area (Å²) in [6.45, 7) is 4.16. The second-order valence-corrected chi connectivity index (χ2v) is 3.96. The Bertz CT molecular complexity index is 466. The fourth-order valence-corrected chi connectivity index (χ4v) is 1.38. The quantitative estimate of drug-likeness (QED) is 0.762. The van der Waals surface area contributed by atoms with E-state index in [0.29, 0.717) is 18.3 Å². The number of nitrogens with zero attached hydrogens (tertiary/aromatic N) is 5. The first-order valence-corrected chi connectivity index (χ1v) is 5.45. The average molecular weight is 242 g/mol. The van der Waals surface area contributed by atoms with Gasteiger partial charge in [0.2, 0.25) is 11.8 Å². The van der Waals surface area contributed by atoms with Crippen molar-refractivity contribution in [1.29, 1.82) is 0 Å². The van der Waals surface area contributed by atoms with Gasteiger partial charge in [0.25, 0.3) is 0 Å². The molecule has 0 aromatic carbocycles. The molecule has 0 amide bonds. The van der Waals surface area contributed by atoms with Crippen LogP contribution >= 0.6 is 11.6 Å². The second kappa shape index (κ2) is 4.61. The van der Waals surface area contributed by atoms with Crippen molar-refractivity contribution in [2.24, 2.45) is 0 Å². The summed E-state index contributed by atoms with van der Waals surface area (Å²) in [7, 11) is 0. The molecule has 0 fully saturated rings. The molecule has 2 rings (SSSR count). The Hall–Kier alpha value is -1.43. The highest BCUT2D eigenvalue weighted by atomic mass is 35.5. The first kappa shape index (κ1) is 11.1. The maximum Gasteiger partial charge on any atom is 0.237 e. The number of hydrogen-bond acceptors (Lipinski definition) is 5. The normalized spacial score (nSPS) is 12.9. The van der Waals surface area contributed by atoms with Crippen LogP contribution in [0.2, 0.25) is 0 Å². The van der Waals surface area contributed by atoms with Crippen molar-refractivity contribution >= 4 is 11.6 Å². The molecule has 6 nitrogen and oxygen atoms in total. The molecule has 1 unspecified atom stereocenters. The Morgan fingerprint density at radius 2 is 2.25 bits per heavy atom. The molecule has 0 spiro atoms. The monoisotopic (exact) mass is 241 g/mol. The highest BCUT2D eigenvalue weighted by Crippen LogP contribution is 2.20. The molecular formula is C9H12ClN5O. The van der Waals surface area contributed by atoms with Gasteiger partial charge in [-0.3, -0.25) is 0 Å². The van der Waals surface area contributed by atoms with E-state index < -0.39 is 0 Å². The van der Waals surface area contributed by atoms with Gasteiger partial charge < -0.3 is 4.42 Å². The van der Waals surface area contributed by atoms with Gasteiger partial charge in [0, 0.05) is 6.92 Å². The van der Waals surface area contributed by atoms with Crippen LogP contribution in [0.1, 0.15) is 36.2 Å². The lowest BCUT2D eigenvalue weighted by Crippen LogP contribution is -2.00. The van der Waals surface area contributed by atoms with Crippen LogP contribution in [0.15, 0.2) is 10.6 Å². The number of aryl methyl sites for hydroxylation is 1. The Kier molecular flexibility index (Phi) is 3.19. The molecule has 16 heavy (non-hydrogen) atoms. The van der Waals surface area contributed by atoms with Gasteiger partial charge in [-0.25, -0.2) is 4.68 Å². The molecule has 0 aliphatic rings. The highest BCUT2D eigenvalue weighted by Gasteiger charge is 2.11. The predicted molar refractivity (Wildman–Crippen MR) is 57.0 cm³/mol. The van der Waals surface area contributed by atoms with E-state index in [9.17, 15) is 0 Å². The predicted octanol–water partition coefficient (Wildman–Crippen LogP) is 1.71. The minimum absolute atomic E-state index is 0.0989. The minimum Gasteiger partial charge on any atom is -0.424 e. The van der Waals surface area contributed by atoms with Crippen LogP contribution < -0.4 is 0 Å². The van der Waals surface area contributed by atoms with Crippen molar-refractivity contribution in [2.45, 2.75) is 32.2 Å². The molecule has 0 radical (unpaired) electrons. The van der Waals surface area contributed by atoms with E-state index in [1.807, 2.05) is 6.92 Å². The standard InChI is InChI=1S/C9H12ClN5O/c1-3-7(10)8-4-15(14-12-8)5-9-13-11-6(2)16-9/h4,7H,3,5H2,1-2H3. The molecule has 0 bridgehead atoms. The van der Waals surface area contributed by atoms with Crippen molar-refractivity contribution in [3.8, 4) is 0 Å². The number of aromatic nitrogens is 5. The van der Waals surface area contributed by atoms with Gasteiger partial charge in [0.15, 0.2) is 0 Å². The summed E-state index contributed by atoms with van der Waals surface area (Å²) in [5, 5.41) is 15.4. The Morgan fingerprint density at radius 3 is 2.88 bits per heavy atom. The van der Waals surface area contributed by atoms with Crippen LogP contribution in [0.25, 0.3) is 0 Å². The Labute approximate surface area is 97.6 Å². The number of rotatable bonds is 4. The van der Waals surface area contributed by atoms with Gasteiger partial charge in [0.1, 0.15) is 12.2 Å². The van der Waals surface area contributed by atoms with Gasteiger partial charge in [-0.05, 0) is 6.42 Å². The third kappa shape index (κ3) is 2.38. The zero-order valence-corrected chi connectivity index (χ0v) is 9.85. The maximum atomic E-state index is 6.04. The molecule has 86 valence electrons. The van der Waals surface area contributed by atoms with Gasteiger partial charge in [-0.15, -0.1) is 26.9 Å². The van der Waals surface area contributed by atoms with E-state index in [0.717, 1.165) is 12.1 Å². The molecule has 7 heteroatoms. The summed E-state index contributed by atoms with van der Waals surface area (Å²) in [5.74, 6) is 1.05. The fraction of sp³-hybridized carbons (Fsp3) is 0.556. The first-order valence-electron chi connectivity index (χ1n) is 5.02. The van der Waals surface area contributed by atoms with Crippen LogP contribution in [-0.4, -0.2) is 25.2 Å². The Balaban J connectivity index is 2.08. The molecule has 0 aliphatic heterocycles. The molecule has 0 saturated carbocycles. The zero-order chi connectivity index (χ0) is 11.5. The smallest absolute Gasteiger partial charge is 0.237 e. The largest absolute Gasteiger partial charge is 0.424 e. The third-order valence-electron chi connectivity index (χ3n) is 2.10. The van der Waals surface area contributed by atoms with Crippen molar-refractivity contribution in [3.05, 3.63) is 23.7 Å². The molecule has 2 aromatic rings. The average Bonchev–Trinajstić information content (AvgIpc) is 2.87. The van der Waals surface area contributed by atoms with E-state index in [-0.39, 0.29) is 5.38 Å². The fourth-order valence-electron chi connectivity index (χ4n) is 1.28. The van der Waals surface area contributed by atoms with Crippen molar-refractivity contribution < 1.29 is 4.42 Å². The Morgan fingerprint density at radius 1 is 1.44 bits per heavy atom. The topological polar surface area (TPSA) is 69.6 Å². The summed E-state index contributed by atoms with van der Waals surface area (Å²) < 4.78 is 6.87. The van der Waals surface area contributed by atoms with E-state index in [4.69, 9.17) is 16.0 Å². The lowest BCUT2D eigenvalue weighted by molar-refractivity contribution is 0.441. The van der Waals surface area contributed by atoms with Crippen molar-refractivity contribution in [3.63, 3.8) is 0 Å². The zero-order valence-electron chi connectivity index (χ0n) is 9.09. The third-order valence-corrected chi connectivity index (χ3v) is 2.63. The molecular weight excluding hydrogens is 230 g/mol. The van der Waals surface area contributed by atoms with Gasteiger partial charge in [-0.2, -0.15) is 0 Å². The molecule has 0 saturated heterocycles. The van der Waals surface area contributed by atoms with Gasteiger partial charge in [0.05, 0.1) is 11.6 Å². The summed E-state index contributed by atoms with van der Waals surface area (Å²) in [6, 6.07) is 0. The van der Waals surface area contributed by atoms with E-state index >= 15 is 0 Å². The summed E-state index contributed by atoms with van der Waals surface area (Å²) in [6.07, 6.45) is 2.61. The first-order chi connectivity index (χ1) is 7.69. The summed E-state index contributed by atoms with van der Waals surface area (Å²) in [4.78, 5) is 0. The van der Waals surface area contributed by atoms with Crippen LogP contribution in [0.4, 0.5) is 0 Å². The highest BCUT2D eigenvalue weighted by molar-refractivity contribution is 6.20. The van der Waals surface area contributed by atoms with E-state index in [1.54, 1.807) is 17.8 Å². The maximum absolute atomic E-state index is 6.04. The molecule has 0 N–H and O–H groups in total. The van der Waals surface area contributed by atoms with Crippen LogP contribution in [0, 0.1) is 6.92 Å². The van der Waals surface area contributed by atoms with E-state index in [2.05, 4.69) is 20.5 Å². The van der Waals surface area contributed by atoms with E-state index in [1.165, 1.54) is 0 Å². The van der Waals surface area contributed by atoms with Gasteiger partial charge >= 0.3 is 0 Å². The summed E-state index contributed by atoms with van der Waals surface area (Å²) in [5.41, 5.74) is 0.764. The molecule has 2 aromatic heterocycles. The SMILES string of the molecule is CCC(Cl)c1cn(Cc2nnc(C)o2)nn1. The van der Waals surface area contributed by atoms with Crippen molar-refractivity contribution in [2.75, 3.05) is 0 Å². The molecule has 2 heterocycles. The second-order valence-electron chi connectivity index (χ2n) is 3.43. The molecule has 0 aliphatic carbocycles. The molecule has 1 atom stereocenters. The number of alkyl halides is 1. The van der Waals surface area contributed by atoms with Crippen LogP contribution in [0.3, 0.4) is 0 Å². The van der Waals surface area contributed by atoms with Crippen LogP contribution in [-0.2, 0) is 6.54 Å². The lowest BCUT2D eigenvalue weighted by atomic mass is 10.3. The minimum atomic E-state index is -0.0989. The van der Waals surface area contributed by atoms with Gasteiger partial charge in [-0.1, -0.05) is 12.1 Å². The number of halogens is 1. The number of hydrogen-bond donors (Lipinski definition) is 0. The summed E-state index contributed by atoms with van der Waals surface area (Å²) >= 11 is 6.04. The lowest BCUT2D eigenvalue weighted by Gasteiger charge is -1.98. The van der Waals surface area contributed by atoms with Crippen molar-refractivity contribution in [1.82, 2.24) is 25.2 Å². The van der Waals surface area contributed by atoms with Crippen LogP contribution in [0.5, 0.6) is 0 Å².